The van der Waals surface area contributed by atoms with Crippen LogP contribution in [0.1, 0.15) is 31.4 Å². The smallest absolute Gasteiger partial charge is 0.174 e. The minimum Gasteiger partial charge on any atom is -0.479 e. The van der Waals surface area contributed by atoms with Crippen molar-refractivity contribution in [2.24, 2.45) is 0 Å². The molecule has 0 bridgehead atoms. The van der Waals surface area contributed by atoms with Gasteiger partial charge >= 0.3 is 0 Å². The van der Waals surface area contributed by atoms with Crippen LogP contribution in [0.4, 0.5) is 0 Å². The maximum Gasteiger partial charge on any atom is 0.174 e. The van der Waals surface area contributed by atoms with Gasteiger partial charge in [-0.3, -0.25) is 0 Å². The summed E-state index contributed by atoms with van der Waals surface area (Å²) in [7, 11) is 0. The van der Waals surface area contributed by atoms with Gasteiger partial charge in [-0.1, -0.05) is 12.1 Å². The molecule has 102 valence electrons. The Morgan fingerprint density at radius 2 is 2.11 bits per heavy atom. The van der Waals surface area contributed by atoms with Crippen LogP contribution in [0.2, 0.25) is 0 Å². The van der Waals surface area contributed by atoms with Crippen molar-refractivity contribution in [3.8, 4) is 11.8 Å². The summed E-state index contributed by atoms with van der Waals surface area (Å²) >= 11 is 1.97. The number of benzene rings is 1. The van der Waals surface area contributed by atoms with Crippen molar-refractivity contribution in [2.45, 2.75) is 30.6 Å². The van der Waals surface area contributed by atoms with Gasteiger partial charge in [0.2, 0.25) is 0 Å². The summed E-state index contributed by atoms with van der Waals surface area (Å²) in [6.07, 6.45) is 4.85. The van der Waals surface area contributed by atoms with E-state index >= 15 is 0 Å². The number of nitriles is 1. The minimum atomic E-state index is 0.101. The van der Waals surface area contributed by atoms with E-state index in [1.165, 1.54) is 18.4 Å². The number of thioether (sulfide) groups is 1. The first-order valence-corrected chi connectivity index (χ1v) is 7.80. The molecule has 3 nitrogen and oxygen atoms in total. The molecule has 1 saturated carbocycles. The Kier molecular flexibility index (Phi) is 4.73. The topological polar surface area (TPSA) is 45.0 Å². The Hall–Kier alpha value is -1.18. The molecule has 0 amide bonds. The molecule has 1 N–H and O–H groups in total. The van der Waals surface area contributed by atoms with Gasteiger partial charge in [-0.2, -0.15) is 17.0 Å². The molecule has 19 heavy (non-hydrogen) atoms. The van der Waals surface area contributed by atoms with E-state index in [1.807, 2.05) is 30.0 Å². The van der Waals surface area contributed by atoms with Crippen molar-refractivity contribution >= 4 is 11.8 Å². The lowest BCUT2D eigenvalue weighted by molar-refractivity contribution is 0.368. The Bertz CT molecular complexity index is 448. The monoisotopic (exact) mass is 276 g/mol. The predicted molar refractivity (Wildman–Crippen MR) is 79.4 cm³/mol. The fourth-order valence-corrected chi connectivity index (χ4v) is 2.76. The van der Waals surface area contributed by atoms with Crippen LogP contribution in [0.5, 0.6) is 5.75 Å². The molecule has 2 rings (SSSR count). The summed E-state index contributed by atoms with van der Waals surface area (Å²) in [5, 5.41) is 12.1. The third-order valence-electron chi connectivity index (χ3n) is 3.65. The van der Waals surface area contributed by atoms with Crippen LogP contribution in [0.25, 0.3) is 0 Å². The van der Waals surface area contributed by atoms with Crippen LogP contribution in [-0.2, 0) is 0 Å². The number of rotatable bonds is 7. The zero-order valence-corrected chi connectivity index (χ0v) is 12.3. The van der Waals surface area contributed by atoms with Gasteiger partial charge in [0.1, 0.15) is 11.8 Å². The zero-order valence-electron chi connectivity index (χ0n) is 11.5. The first kappa shape index (κ1) is 14.2. The largest absolute Gasteiger partial charge is 0.479 e. The molecule has 0 aromatic heterocycles. The molecule has 1 fully saturated rings. The van der Waals surface area contributed by atoms with Crippen LogP contribution in [-0.4, -0.2) is 24.2 Å². The number of hydrogen-bond donors (Lipinski definition) is 1. The van der Waals surface area contributed by atoms with E-state index in [-0.39, 0.29) is 6.61 Å². The molecule has 1 aromatic carbocycles. The Labute approximate surface area is 119 Å². The quantitative estimate of drug-likeness (QED) is 0.831. The van der Waals surface area contributed by atoms with Crippen LogP contribution < -0.4 is 10.1 Å². The van der Waals surface area contributed by atoms with Gasteiger partial charge in [0.15, 0.2) is 6.61 Å². The molecule has 1 aliphatic rings. The van der Waals surface area contributed by atoms with Crippen molar-refractivity contribution in [1.82, 2.24) is 5.32 Å². The van der Waals surface area contributed by atoms with Crippen LogP contribution in [0, 0.1) is 11.3 Å². The maximum atomic E-state index is 8.46. The summed E-state index contributed by atoms with van der Waals surface area (Å²) in [5.74, 6) is 0.750. The van der Waals surface area contributed by atoms with Crippen LogP contribution >= 0.6 is 11.8 Å². The van der Waals surface area contributed by atoms with Crippen molar-refractivity contribution in [1.29, 1.82) is 5.26 Å². The lowest BCUT2D eigenvalue weighted by Gasteiger charge is -2.19. The molecule has 0 saturated heterocycles. The van der Waals surface area contributed by atoms with Gasteiger partial charge in [0.05, 0.1) is 0 Å². The minimum absolute atomic E-state index is 0.101. The lowest BCUT2D eigenvalue weighted by atomic mass is 10.1. The Balaban J connectivity index is 1.85. The van der Waals surface area contributed by atoms with Crippen molar-refractivity contribution in [2.75, 3.05) is 19.4 Å². The molecule has 0 heterocycles. The van der Waals surface area contributed by atoms with E-state index < -0.39 is 0 Å². The fourth-order valence-electron chi connectivity index (χ4n) is 2.02. The van der Waals surface area contributed by atoms with Crippen LogP contribution in [0.15, 0.2) is 24.3 Å². The molecule has 1 atom stereocenters. The second-order valence-corrected chi connectivity index (χ2v) is 6.28. The van der Waals surface area contributed by atoms with Crippen molar-refractivity contribution < 1.29 is 4.74 Å². The summed E-state index contributed by atoms with van der Waals surface area (Å²) in [6, 6.07) is 10.3. The molecule has 0 spiro atoms. The highest BCUT2D eigenvalue weighted by Crippen LogP contribution is 2.46. The Morgan fingerprint density at radius 3 is 2.63 bits per heavy atom. The zero-order chi connectivity index (χ0) is 13.7. The summed E-state index contributed by atoms with van der Waals surface area (Å²) < 4.78 is 5.74. The number of ether oxygens (including phenoxy) is 1. The number of nitrogens with zero attached hydrogens (tertiary/aromatic N) is 1. The third kappa shape index (κ3) is 3.89. The standard InChI is InChI=1S/C15H20N2OS/c1-12(17-11-15(19-2)7-8-15)13-3-5-14(6-4-13)18-10-9-16/h3-6,12,17H,7-8,10-11H2,1-2H3. The highest BCUT2D eigenvalue weighted by atomic mass is 32.2. The van der Waals surface area contributed by atoms with E-state index in [4.69, 9.17) is 10.00 Å². The van der Waals surface area contributed by atoms with E-state index in [1.54, 1.807) is 0 Å². The second kappa shape index (κ2) is 6.31. The predicted octanol–water partition coefficient (Wildman–Crippen LogP) is 3.14. The second-order valence-electron chi connectivity index (χ2n) is 5.01. The molecular formula is C15H20N2OS. The molecule has 1 aromatic rings. The molecule has 1 unspecified atom stereocenters. The average Bonchev–Trinajstić information content (AvgIpc) is 3.24. The van der Waals surface area contributed by atoms with E-state index in [0.29, 0.717) is 10.8 Å². The SMILES string of the molecule is CSC1(CNC(C)c2ccc(OCC#N)cc2)CC1. The highest BCUT2D eigenvalue weighted by Gasteiger charge is 2.41. The van der Waals surface area contributed by atoms with E-state index in [9.17, 15) is 0 Å². The highest BCUT2D eigenvalue weighted by molar-refractivity contribution is 8.00. The van der Waals surface area contributed by atoms with E-state index in [2.05, 4.69) is 30.6 Å². The first-order valence-electron chi connectivity index (χ1n) is 6.57. The molecule has 0 aliphatic heterocycles. The third-order valence-corrected chi connectivity index (χ3v) is 5.07. The van der Waals surface area contributed by atoms with Gasteiger partial charge < -0.3 is 10.1 Å². The molecular weight excluding hydrogens is 256 g/mol. The summed E-state index contributed by atoms with van der Waals surface area (Å²) in [5.41, 5.74) is 1.25. The van der Waals surface area contributed by atoms with Gasteiger partial charge in [-0.05, 0) is 43.7 Å². The summed E-state index contributed by atoms with van der Waals surface area (Å²) in [4.78, 5) is 0. The maximum absolute atomic E-state index is 8.46. The molecule has 4 heteroatoms. The molecule has 1 aliphatic carbocycles. The number of nitrogens with one attached hydrogen (secondary N) is 1. The normalized spacial score (nSPS) is 17.5. The first-order chi connectivity index (χ1) is 9.19. The van der Waals surface area contributed by atoms with Crippen molar-refractivity contribution in [3.05, 3.63) is 29.8 Å². The van der Waals surface area contributed by atoms with E-state index in [0.717, 1.165) is 12.3 Å². The summed E-state index contributed by atoms with van der Waals surface area (Å²) in [6.45, 7) is 3.35. The van der Waals surface area contributed by atoms with Crippen LogP contribution in [0.3, 0.4) is 0 Å². The fraction of sp³-hybridized carbons (Fsp3) is 0.533. The van der Waals surface area contributed by atoms with Gasteiger partial charge in [-0.15, -0.1) is 0 Å². The van der Waals surface area contributed by atoms with Gasteiger partial charge in [0.25, 0.3) is 0 Å². The average molecular weight is 276 g/mol. The Morgan fingerprint density at radius 1 is 1.42 bits per heavy atom. The number of hydrogen-bond acceptors (Lipinski definition) is 4. The molecule has 0 radical (unpaired) electrons. The lowest BCUT2D eigenvalue weighted by Crippen LogP contribution is -2.28. The van der Waals surface area contributed by atoms with Crippen molar-refractivity contribution in [3.63, 3.8) is 0 Å². The van der Waals surface area contributed by atoms with Gasteiger partial charge in [-0.25, -0.2) is 0 Å². The van der Waals surface area contributed by atoms with Gasteiger partial charge in [0, 0.05) is 17.3 Å².